The topological polar surface area (TPSA) is 37.3 Å². The van der Waals surface area contributed by atoms with Crippen molar-refractivity contribution < 1.29 is 31.1 Å². The van der Waals surface area contributed by atoms with Crippen LogP contribution in [0.3, 0.4) is 0 Å². The molecule has 0 aliphatic carbocycles. The van der Waals surface area contributed by atoms with E-state index in [-0.39, 0.29) is 22.4 Å². The molecule has 1 N–H and O–H groups in total. The summed E-state index contributed by atoms with van der Waals surface area (Å²) in [5.41, 5.74) is 0. The van der Waals surface area contributed by atoms with Crippen LogP contribution >= 0.6 is 0 Å². The monoisotopic (exact) mass is 295 g/mol. The van der Waals surface area contributed by atoms with Gasteiger partial charge >= 0.3 is 0 Å². The second kappa shape index (κ2) is 5.07. The van der Waals surface area contributed by atoms with E-state index in [9.17, 15) is 0 Å². The number of thiol groups is 1. The van der Waals surface area contributed by atoms with Crippen LogP contribution in [-0.4, -0.2) is 8.76 Å². The van der Waals surface area contributed by atoms with E-state index in [0.717, 1.165) is 0 Å². The molecular weight excluding hydrogens is 293 g/mol. The second-order valence-electron chi connectivity index (χ2n) is 0.238. The average molecular weight is 295 g/mol. The van der Waals surface area contributed by atoms with Crippen molar-refractivity contribution >= 4 is 20.8 Å². The molecule has 2 nitrogen and oxygen atoms in total. The molecule has 0 fully saturated rings. The van der Waals surface area contributed by atoms with Gasteiger partial charge in [0.25, 0.3) is 0 Å². The smallest absolute Gasteiger partial charge is 0.130 e. The number of hydrogen-bond acceptors (Lipinski definition) is 2. The minimum absolute atomic E-state index is 0. The molecule has 0 aromatic heterocycles. The molecule has 0 rings (SSSR count). The predicted octanol–water partition coefficient (Wildman–Crippen LogP) is -0.600. The molecule has 0 saturated carbocycles. The minimum atomic E-state index is -2.29. The molecule has 0 heterocycles. The summed E-state index contributed by atoms with van der Waals surface area (Å²) < 4.78 is 16.3. The van der Waals surface area contributed by atoms with E-state index in [1.807, 2.05) is 0 Å². The summed E-state index contributed by atoms with van der Waals surface area (Å²) in [4.78, 5) is 0. The van der Waals surface area contributed by atoms with Gasteiger partial charge in [0.05, 0.1) is 0 Å². The van der Waals surface area contributed by atoms with Crippen LogP contribution in [0.1, 0.15) is 0 Å². The first kappa shape index (κ1) is 9.42. The summed E-state index contributed by atoms with van der Waals surface area (Å²) in [6.07, 6.45) is 0. The molecule has 1 atom stereocenters. The molecule has 1 unspecified atom stereocenters. The van der Waals surface area contributed by atoms with Crippen LogP contribution in [0.25, 0.3) is 0 Å². The summed E-state index contributed by atoms with van der Waals surface area (Å²) in [5.74, 6) is 0. The molecule has 0 spiro atoms. The maximum absolute atomic E-state index is 8.96. The zero-order valence-corrected chi connectivity index (χ0v) is 5.89. The van der Waals surface area contributed by atoms with Crippen LogP contribution < -0.4 is 0 Å². The Morgan fingerprint density at radius 3 is 1.80 bits per heavy atom. The van der Waals surface area contributed by atoms with E-state index in [0.29, 0.717) is 0 Å². The third kappa shape index (κ3) is 41.7. The van der Waals surface area contributed by atoms with Gasteiger partial charge in [-0.2, -0.15) is 0 Å². The molecule has 0 aliphatic heterocycles. The normalized spacial score (nSPS) is 12.2. The van der Waals surface area contributed by atoms with Crippen molar-refractivity contribution in [3.8, 4) is 0 Å². The zero-order valence-electron chi connectivity index (χ0n) is 2.01. The van der Waals surface area contributed by atoms with Gasteiger partial charge in [0.15, 0.2) is 0 Å². The van der Waals surface area contributed by atoms with E-state index in [4.69, 9.17) is 8.76 Å². The fraction of sp³-hybridized carbons (Fsp3) is 0. The second-order valence-corrected chi connectivity index (χ2v) is 1.65. The van der Waals surface area contributed by atoms with E-state index in [1.54, 1.807) is 0 Å². The molecule has 5 heavy (non-hydrogen) atoms. The van der Waals surface area contributed by atoms with E-state index >= 15 is 0 Å². The quantitative estimate of drug-likeness (QED) is 0.463. The van der Waals surface area contributed by atoms with Crippen LogP contribution in [-0.2, 0) is 43.2 Å². The fourth-order valence-corrected chi connectivity index (χ4v) is 0. The standard InChI is InChI=1S/Au.H2O2S2/c;1-4(2)3/h;4H,(H,1,2,3). The van der Waals surface area contributed by atoms with Crippen molar-refractivity contribution in [2.24, 2.45) is 0 Å². The van der Waals surface area contributed by atoms with Crippen LogP contribution in [0.2, 0.25) is 0 Å². The van der Waals surface area contributed by atoms with Crippen LogP contribution in [0.15, 0.2) is 0 Å². The first-order chi connectivity index (χ1) is 1.73. The SMILES string of the molecule is O=[SH](O)=S.[Au]. The molecule has 0 saturated heterocycles. The Hall–Kier alpha value is 1.07. The molecule has 37 valence electrons. The molecule has 1 radical (unpaired) electrons. The Morgan fingerprint density at radius 1 is 1.80 bits per heavy atom. The fourth-order valence-electron chi connectivity index (χ4n) is 0. The van der Waals surface area contributed by atoms with Gasteiger partial charge in [0.2, 0.25) is 0 Å². The molecule has 5 heteroatoms. The average Bonchev–Trinajstić information content (AvgIpc) is 0.811. The third-order valence-electron chi connectivity index (χ3n) is 0. The number of hydrogen-bond donors (Lipinski definition) is 2. The summed E-state index contributed by atoms with van der Waals surface area (Å²) >= 11 is 3.69. The van der Waals surface area contributed by atoms with Gasteiger partial charge in [-0.3, -0.25) is 0 Å². The Morgan fingerprint density at radius 2 is 1.80 bits per heavy atom. The van der Waals surface area contributed by atoms with Gasteiger partial charge in [-0.1, -0.05) is 0 Å². The molecular formula is H2AuO2S2. The first-order valence-corrected chi connectivity index (χ1v) is 2.79. The molecule has 0 bridgehead atoms. The Labute approximate surface area is 52.0 Å². The summed E-state index contributed by atoms with van der Waals surface area (Å²) in [6, 6.07) is 0. The van der Waals surface area contributed by atoms with Gasteiger partial charge in [-0.25, -0.2) is 4.21 Å². The van der Waals surface area contributed by atoms with Crippen LogP contribution in [0, 0.1) is 0 Å². The Kier molecular flexibility index (Phi) is 9.55. The minimum Gasteiger partial charge on any atom is -0.308 e. The molecule has 0 aromatic carbocycles. The van der Waals surface area contributed by atoms with E-state index in [1.165, 1.54) is 0 Å². The van der Waals surface area contributed by atoms with Crippen LogP contribution in [0.5, 0.6) is 0 Å². The first-order valence-electron chi connectivity index (χ1n) is 0.565. The maximum Gasteiger partial charge on any atom is 0.130 e. The van der Waals surface area contributed by atoms with Gasteiger partial charge in [0, 0.05) is 33.6 Å². The predicted molar refractivity (Wildman–Crippen MR) is 19.5 cm³/mol. The summed E-state index contributed by atoms with van der Waals surface area (Å²) in [7, 11) is -2.29. The van der Waals surface area contributed by atoms with Gasteiger partial charge in [-0.15, -0.1) is 0 Å². The largest absolute Gasteiger partial charge is 0.308 e. The van der Waals surface area contributed by atoms with Gasteiger partial charge in [0.1, 0.15) is 9.64 Å². The molecule has 0 aromatic rings. The molecule has 0 amide bonds. The van der Waals surface area contributed by atoms with Crippen molar-refractivity contribution in [3.63, 3.8) is 0 Å². The third-order valence-corrected chi connectivity index (χ3v) is 0. The zero-order chi connectivity index (χ0) is 3.58. The van der Waals surface area contributed by atoms with Crippen molar-refractivity contribution in [1.29, 1.82) is 0 Å². The van der Waals surface area contributed by atoms with Gasteiger partial charge < -0.3 is 4.55 Å². The van der Waals surface area contributed by atoms with Crippen molar-refractivity contribution in [2.45, 2.75) is 0 Å². The van der Waals surface area contributed by atoms with Crippen molar-refractivity contribution in [1.82, 2.24) is 0 Å². The summed E-state index contributed by atoms with van der Waals surface area (Å²) in [5, 5.41) is 0. The number of rotatable bonds is 0. The van der Waals surface area contributed by atoms with Crippen molar-refractivity contribution in [3.05, 3.63) is 0 Å². The van der Waals surface area contributed by atoms with E-state index < -0.39 is 9.64 Å². The van der Waals surface area contributed by atoms with Crippen molar-refractivity contribution in [2.75, 3.05) is 0 Å². The Balaban J connectivity index is 0. The van der Waals surface area contributed by atoms with E-state index in [2.05, 4.69) is 11.2 Å². The van der Waals surface area contributed by atoms with Gasteiger partial charge in [-0.05, 0) is 0 Å². The maximum atomic E-state index is 8.96. The summed E-state index contributed by atoms with van der Waals surface area (Å²) in [6.45, 7) is 0. The Bertz CT molecular complexity index is 56.0. The van der Waals surface area contributed by atoms with Crippen LogP contribution in [0.4, 0.5) is 0 Å². The molecule has 0 aliphatic rings.